The normalized spacial score (nSPS) is 13.3. The van der Waals surface area contributed by atoms with Crippen molar-refractivity contribution in [1.29, 1.82) is 0 Å². The zero-order valence-electron chi connectivity index (χ0n) is 11.7. The first kappa shape index (κ1) is 16.4. The molecule has 0 amide bonds. The minimum Gasteiger partial charge on any atom is -0.383 e. The van der Waals surface area contributed by atoms with Crippen LogP contribution in [0.5, 0.6) is 0 Å². The number of nitrogens with two attached hydrogens (primary N) is 1. The van der Waals surface area contributed by atoms with Crippen LogP contribution in [0.25, 0.3) is 0 Å². The van der Waals surface area contributed by atoms with E-state index < -0.39 is 0 Å². The van der Waals surface area contributed by atoms with E-state index in [2.05, 4.69) is 18.7 Å². The third kappa shape index (κ3) is 4.42. The van der Waals surface area contributed by atoms with Gasteiger partial charge in [-0.2, -0.15) is 0 Å². The van der Waals surface area contributed by atoms with Gasteiger partial charge in [0.2, 0.25) is 0 Å². The molecule has 1 atom stereocenters. The minimum absolute atomic E-state index is 0.174. The maximum Gasteiger partial charge on any atom is 0.129 e. The maximum absolute atomic E-state index is 14.0. The summed E-state index contributed by atoms with van der Waals surface area (Å²) in [5.74, 6) is -0.314. The lowest BCUT2D eigenvalue weighted by Crippen LogP contribution is -2.41. The van der Waals surface area contributed by atoms with Crippen LogP contribution in [-0.2, 0) is 4.74 Å². The van der Waals surface area contributed by atoms with Crippen LogP contribution in [0.1, 0.15) is 25.5 Å². The molecule has 0 spiro atoms. The van der Waals surface area contributed by atoms with Crippen molar-refractivity contribution >= 4 is 11.6 Å². The van der Waals surface area contributed by atoms with Gasteiger partial charge in [-0.25, -0.2) is 4.39 Å². The smallest absolute Gasteiger partial charge is 0.129 e. The second-order valence-corrected chi connectivity index (χ2v) is 5.18. The van der Waals surface area contributed by atoms with E-state index in [4.69, 9.17) is 22.1 Å². The molecule has 1 unspecified atom stereocenters. The Labute approximate surface area is 119 Å². The molecule has 0 radical (unpaired) electrons. The highest BCUT2D eigenvalue weighted by atomic mass is 35.5. The van der Waals surface area contributed by atoms with E-state index in [0.29, 0.717) is 30.3 Å². The van der Waals surface area contributed by atoms with Gasteiger partial charge in [0.25, 0.3) is 0 Å². The summed E-state index contributed by atoms with van der Waals surface area (Å²) >= 11 is 5.79. The molecule has 1 rings (SSSR count). The Morgan fingerprint density at radius 2 is 2.11 bits per heavy atom. The number of ether oxygens (including phenoxy) is 1. The lowest BCUT2D eigenvalue weighted by molar-refractivity contribution is 0.0965. The molecule has 108 valence electrons. The van der Waals surface area contributed by atoms with E-state index in [1.54, 1.807) is 19.2 Å². The molecule has 19 heavy (non-hydrogen) atoms. The van der Waals surface area contributed by atoms with Crippen LogP contribution in [0, 0.1) is 5.82 Å². The van der Waals surface area contributed by atoms with E-state index >= 15 is 0 Å². The molecule has 0 saturated heterocycles. The molecule has 0 fully saturated rings. The average molecular weight is 289 g/mol. The Morgan fingerprint density at radius 1 is 1.42 bits per heavy atom. The Kier molecular flexibility index (Phi) is 6.72. The van der Waals surface area contributed by atoms with Gasteiger partial charge in [0, 0.05) is 36.8 Å². The van der Waals surface area contributed by atoms with Crippen LogP contribution >= 0.6 is 11.6 Å². The summed E-state index contributed by atoms with van der Waals surface area (Å²) in [4.78, 5) is 2.13. The molecule has 0 heterocycles. The second kappa shape index (κ2) is 7.80. The van der Waals surface area contributed by atoms with Crippen LogP contribution < -0.4 is 5.73 Å². The Balaban J connectivity index is 3.01. The summed E-state index contributed by atoms with van der Waals surface area (Å²) in [5.41, 5.74) is 6.42. The summed E-state index contributed by atoms with van der Waals surface area (Å²) in [6, 6.07) is 4.80. The van der Waals surface area contributed by atoms with Gasteiger partial charge in [0.15, 0.2) is 0 Å². The molecule has 0 aliphatic rings. The van der Waals surface area contributed by atoms with Crippen LogP contribution in [0.4, 0.5) is 4.39 Å². The monoisotopic (exact) mass is 288 g/mol. The number of nitrogens with zero attached hydrogens (tertiary/aromatic N) is 1. The SMILES string of the molecule is COCCN(C(C)C)C(CN)c1ccc(Cl)cc1F. The Morgan fingerprint density at radius 3 is 2.58 bits per heavy atom. The molecule has 0 saturated carbocycles. The largest absolute Gasteiger partial charge is 0.383 e. The first-order valence-electron chi connectivity index (χ1n) is 6.41. The van der Waals surface area contributed by atoms with Gasteiger partial charge in [-0.15, -0.1) is 0 Å². The summed E-state index contributed by atoms with van der Waals surface area (Å²) in [6.07, 6.45) is 0. The topological polar surface area (TPSA) is 38.5 Å². The fourth-order valence-electron chi connectivity index (χ4n) is 2.18. The lowest BCUT2D eigenvalue weighted by atomic mass is 10.0. The molecular weight excluding hydrogens is 267 g/mol. The molecule has 5 heteroatoms. The summed E-state index contributed by atoms with van der Waals surface area (Å²) in [6.45, 7) is 5.76. The van der Waals surface area contributed by atoms with Crippen molar-refractivity contribution in [2.24, 2.45) is 5.73 Å². The number of rotatable bonds is 7. The fraction of sp³-hybridized carbons (Fsp3) is 0.571. The molecule has 3 nitrogen and oxygen atoms in total. The molecular formula is C14H22ClFN2O. The number of methoxy groups -OCH3 is 1. The predicted molar refractivity (Wildman–Crippen MR) is 76.9 cm³/mol. The highest BCUT2D eigenvalue weighted by Crippen LogP contribution is 2.26. The average Bonchev–Trinajstić information content (AvgIpc) is 2.35. The highest BCUT2D eigenvalue weighted by molar-refractivity contribution is 6.30. The van der Waals surface area contributed by atoms with E-state index in [1.807, 2.05) is 0 Å². The van der Waals surface area contributed by atoms with E-state index in [9.17, 15) is 4.39 Å². The summed E-state index contributed by atoms with van der Waals surface area (Å²) < 4.78 is 19.1. The summed E-state index contributed by atoms with van der Waals surface area (Å²) in [5, 5.41) is 0.394. The van der Waals surface area contributed by atoms with Gasteiger partial charge in [-0.3, -0.25) is 4.90 Å². The Bertz CT molecular complexity index is 401. The third-order valence-corrected chi connectivity index (χ3v) is 3.40. The van der Waals surface area contributed by atoms with E-state index in [-0.39, 0.29) is 17.9 Å². The maximum atomic E-state index is 14.0. The van der Waals surface area contributed by atoms with Crippen LogP contribution in [0.2, 0.25) is 5.02 Å². The molecule has 1 aromatic carbocycles. The van der Waals surface area contributed by atoms with Gasteiger partial charge < -0.3 is 10.5 Å². The molecule has 1 aromatic rings. The quantitative estimate of drug-likeness (QED) is 0.838. The van der Waals surface area contributed by atoms with E-state index in [0.717, 1.165) is 0 Å². The first-order valence-corrected chi connectivity index (χ1v) is 6.78. The minimum atomic E-state index is -0.314. The molecule has 0 aliphatic heterocycles. The number of hydrogen-bond acceptors (Lipinski definition) is 3. The van der Waals surface area contributed by atoms with Crippen molar-refractivity contribution in [3.05, 3.63) is 34.6 Å². The molecule has 0 aromatic heterocycles. The summed E-state index contributed by atoms with van der Waals surface area (Å²) in [7, 11) is 1.65. The zero-order chi connectivity index (χ0) is 14.4. The van der Waals surface area contributed by atoms with E-state index in [1.165, 1.54) is 6.07 Å². The first-order chi connectivity index (χ1) is 9.01. The van der Waals surface area contributed by atoms with Crippen molar-refractivity contribution in [2.45, 2.75) is 25.9 Å². The van der Waals surface area contributed by atoms with Crippen molar-refractivity contribution in [2.75, 3.05) is 26.8 Å². The lowest BCUT2D eigenvalue weighted by Gasteiger charge is -2.34. The van der Waals surface area contributed by atoms with Crippen LogP contribution in [0.3, 0.4) is 0 Å². The van der Waals surface area contributed by atoms with Crippen molar-refractivity contribution < 1.29 is 9.13 Å². The second-order valence-electron chi connectivity index (χ2n) is 4.74. The highest BCUT2D eigenvalue weighted by Gasteiger charge is 2.24. The van der Waals surface area contributed by atoms with Crippen molar-refractivity contribution in [1.82, 2.24) is 4.90 Å². The fourth-order valence-corrected chi connectivity index (χ4v) is 2.34. The number of hydrogen-bond donors (Lipinski definition) is 1. The van der Waals surface area contributed by atoms with Gasteiger partial charge in [0.1, 0.15) is 5.82 Å². The van der Waals surface area contributed by atoms with Crippen LogP contribution in [0.15, 0.2) is 18.2 Å². The molecule has 2 N–H and O–H groups in total. The van der Waals surface area contributed by atoms with Crippen molar-refractivity contribution in [3.63, 3.8) is 0 Å². The van der Waals surface area contributed by atoms with Gasteiger partial charge in [-0.1, -0.05) is 17.7 Å². The number of benzene rings is 1. The zero-order valence-corrected chi connectivity index (χ0v) is 12.5. The van der Waals surface area contributed by atoms with Gasteiger partial charge >= 0.3 is 0 Å². The van der Waals surface area contributed by atoms with Gasteiger partial charge in [0.05, 0.1) is 12.6 Å². The standard InChI is InChI=1S/C14H22ClFN2O/c1-10(2)18(6-7-19-3)14(9-17)12-5-4-11(15)8-13(12)16/h4-5,8,10,14H,6-7,9,17H2,1-3H3. The number of halogens is 2. The van der Waals surface area contributed by atoms with Crippen molar-refractivity contribution in [3.8, 4) is 0 Å². The van der Waals surface area contributed by atoms with Gasteiger partial charge in [-0.05, 0) is 26.0 Å². The predicted octanol–water partition coefficient (Wildman–Crippen LogP) is 2.84. The molecule has 0 bridgehead atoms. The Hall–Kier alpha value is -0.680. The van der Waals surface area contributed by atoms with Crippen LogP contribution in [-0.4, -0.2) is 37.7 Å². The molecule has 0 aliphatic carbocycles. The third-order valence-electron chi connectivity index (χ3n) is 3.16.